The van der Waals surface area contributed by atoms with E-state index in [2.05, 4.69) is 5.32 Å². The Hall–Kier alpha value is -3.87. The normalized spacial score (nSPS) is 19.7. The Balaban J connectivity index is 1.40. The molecule has 3 heterocycles. The SMILES string of the molecule is Cc1ccc(NC(=O)Cn2c3c(sc2=O)C(c2ccc(Cl)cc2)C2C(=O)N(c4cccc(C(F)(F)F)c4)C(=O)C2S3)cc1. The van der Waals surface area contributed by atoms with Gasteiger partial charge in [-0.05, 0) is 55.0 Å². The van der Waals surface area contributed by atoms with Crippen LogP contribution in [0.2, 0.25) is 5.02 Å². The maximum atomic E-state index is 13.9. The Morgan fingerprint density at radius 3 is 2.35 bits per heavy atom. The number of rotatable bonds is 5. The number of nitrogens with one attached hydrogen (secondary N) is 1. The summed E-state index contributed by atoms with van der Waals surface area (Å²) in [5.74, 6) is -3.61. The number of aromatic nitrogens is 1. The Bertz CT molecular complexity index is 1820. The molecule has 0 saturated carbocycles. The summed E-state index contributed by atoms with van der Waals surface area (Å²) in [6.07, 6.45) is -4.67. The number of halogens is 4. The van der Waals surface area contributed by atoms with Gasteiger partial charge in [0.15, 0.2) is 0 Å². The smallest absolute Gasteiger partial charge is 0.325 e. The summed E-state index contributed by atoms with van der Waals surface area (Å²) in [5.41, 5.74) is 0.983. The lowest BCUT2D eigenvalue weighted by molar-refractivity contribution is -0.137. The monoisotopic (exact) mass is 643 g/mol. The van der Waals surface area contributed by atoms with Gasteiger partial charge >= 0.3 is 11.0 Å². The summed E-state index contributed by atoms with van der Waals surface area (Å²) < 4.78 is 41.7. The van der Waals surface area contributed by atoms with Crippen molar-refractivity contribution in [3.8, 4) is 0 Å². The molecule has 2 aliphatic heterocycles. The van der Waals surface area contributed by atoms with Crippen LogP contribution in [0.3, 0.4) is 0 Å². The predicted octanol–water partition coefficient (Wildman–Crippen LogP) is 6.32. The lowest BCUT2D eigenvalue weighted by Crippen LogP contribution is -2.33. The molecule has 0 radical (unpaired) electrons. The summed E-state index contributed by atoms with van der Waals surface area (Å²) in [5, 5.41) is 2.51. The van der Waals surface area contributed by atoms with Gasteiger partial charge in [0, 0.05) is 21.5 Å². The van der Waals surface area contributed by atoms with Gasteiger partial charge in [0.2, 0.25) is 17.7 Å². The standard InChI is InChI=1S/C30H21ClF3N3O4S2/c1-15-5-11-19(12-6-15)35-21(38)14-36-28-25(43-29(36)41)22(16-7-9-18(31)10-8-16)23-24(42-28)27(40)37(26(23)39)20-4-2-3-17(13-20)30(32,33)34/h2-13,22-24H,14H2,1H3,(H,35,38). The molecule has 4 aromatic rings. The van der Waals surface area contributed by atoms with Crippen molar-refractivity contribution >= 4 is 63.8 Å². The zero-order chi connectivity index (χ0) is 30.6. The molecule has 3 amide bonds. The number of alkyl halides is 3. The lowest BCUT2D eigenvalue weighted by Gasteiger charge is -2.30. The summed E-state index contributed by atoms with van der Waals surface area (Å²) in [7, 11) is 0. The molecule has 7 nitrogen and oxygen atoms in total. The molecule has 3 atom stereocenters. The number of aryl methyl sites for hydroxylation is 1. The number of amides is 3. The number of thiazole rings is 1. The molecule has 0 bridgehead atoms. The number of hydrogen-bond acceptors (Lipinski definition) is 6. The predicted molar refractivity (Wildman–Crippen MR) is 159 cm³/mol. The summed E-state index contributed by atoms with van der Waals surface area (Å²) >= 11 is 7.96. The molecule has 1 aromatic heterocycles. The van der Waals surface area contributed by atoms with Gasteiger partial charge in [-0.2, -0.15) is 13.2 Å². The highest BCUT2D eigenvalue weighted by Crippen LogP contribution is 2.54. The molecule has 2 aliphatic rings. The molecule has 1 saturated heterocycles. The minimum atomic E-state index is -4.67. The van der Waals surface area contributed by atoms with Crippen LogP contribution in [0.1, 0.15) is 27.5 Å². The van der Waals surface area contributed by atoms with E-state index in [4.69, 9.17) is 11.6 Å². The van der Waals surface area contributed by atoms with E-state index >= 15 is 0 Å². The maximum absolute atomic E-state index is 13.9. The Morgan fingerprint density at radius 1 is 0.977 bits per heavy atom. The quantitative estimate of drug-likeness (QED) is 0.257. The van der Waals surface area contributed by atoms with Gasteiger partial charge in [-0.15, -0.1) is 0 Å². The van der Waals surface area contributed by atoms with Crippen molar-refractivity contribution < 1.29 is 27.6 Å². The molecular formula is C30H21ClF3N3O4S2. The molecule has 6 rings (SSSR count). The minimum absolute atomic E-state index is 0.187. The first-order valence-corrected chi connectivity index (χ1v) is 15.1. The highest BCUT2D eigenvalue weighted by atomic mass is 35.5. The highest BCUT2D eigenvalue weighted by molar-refractivity contribution is 8.00. The third kappa shape index (κ3) is 5.39. The van der Waals surface area contributed by atoms with Crippen LogP contribution in [-0.4, -0.2) is 27.5 Å². The minimum Gasteiger partial charge on any atom is -0.325 e. The molecule has 3 unspecified atom stereocenters. The van der Waals surface area contributed by atoms with Crippen LogP contribution in [0, 0.1) is 12.8 Å². The van der Waals surface area contributed by atoms with Gasteiger partial charge in [-0.1, -0.05) is 70.6 Å². The summed E-state index contributed by atoms with van der Waals surface area (Å²) in [6, 6.07) is 17.8. The van der Waals surface area contributed by atoms with Crippen LogP contribution in [0.15, 0.2) is 82.6 Å². The Morgan fingerprint density at radius 2 is 1.67 bits per heavy atom. The van der Waals surface area contributed by atoms with Gasteiger partial charge < -0.3 is 5.32 Å². The van der Waals surface area contributed by atoms with E-state index in [1.54, 1.807) is 36.4 Å². The van der Waals surface area contributed by atoms with Crippen LogP contribution in [0.25, 0.3) is 0 Å². The number of nitrogens with zero attached hydrogens (tertiary/aromatic N) is 2. The summed E-state index contributed by atoms with van der Waals surface area (Å²) in [6.45, 7) is 1.57. The van der Waals surface area contributed by atoms with Crippen LogP contribution >= 0.6 is 34.7 Å². The number of benzene rings is 3. The van der Waals surface area contributed by atoms with Gasteiger partial charge in [-0.3, -0.25) is 23.7 Å². The largest absolute Gasteiger partial charge is 0.416 e. The van der Waals surface area contributed by atoms with Crippen molar-refractivity contribution in [1.29, 1.82) is 0 Å². The Kier molecular flexibility index (Phi) is 7.47. The van der Waals surface area contributed by atoms with Crippen LogP contribution < -0.4 is 15.1 Å². The Labute approximate surface area is 256 Å². The number of imide groups is 1. The van der Waals surface area contributed by atoms with Gasteiger partial charge in [0.05, 0.1) is 22.2 Å². The second kappa shape index (κ2) is 11.0. The van der Waals surface area contributed by atoms with Gasteiger partial charge in [0.25, 0.3) is 0 Å². The number of carbonyl (C=O) groups excluding carboxylic acids is 3. The zero-order valence-electron chi connectivity index (χ0n) is 22.2. The van der Waals surface area contributed by atoms with Crippen LogP contribution in [-0.2, 0) is 27.1 Å². The van der Waals surface area contributed by atoms with Gasteiger partial charge in [0.1, 0.15) is 11.8 Å². The average molecular weight is 644 g/mol. The molecule has 220 valence electrons. The molecule has 0 aliphatic carbocycles. The first-order valence-electron chi connectivity index (χ1n) is 13.0. The number of anilines is 2. The second-order valence-corrected chi connectivity index (χ2v) is 12.8. The number of fused-ring (bicyclic) bond motifs is 2. The van der Waals surface area contributed by atoms with E-state index in [-0.39, 0.29) is 12.2 Å². The molecule has 43 heavy (non-hydrogen) atoms. The van der Waals surface area contributed by atoms with E-state index in [0.717, 1.165) is 51.8 Å². The van der Waals surface area contributed by atoms with E-state index in [9.17, 15) is 32.3 Å². The molecule has 13 heteroatoms. The van der Waals surface area contributed by atoms with E-state index in [0.29, 0.717) is 26.2 Å². The molecule has 1 N–H and O–H groups in total. The first kappa shape index (κ1) is 29.2. The molecule has 0 spiro atoms. The van der Waals surface area contributed by atoms with Crippen molar-refractivity contribution in [3.05, 3.63) is 109 Å². The fourth-order valence-electron chi connectivity index (χ4n) is 5.34. The van der Waals surface area contributed by atoms with Crippen molar-refractivity contribution in [2.45, 2.75) is 35.8 Å². The van der Waals surface area contributed by atoms with Crippen LogP contribution in [0.4, 0.5) is 24.5 Å². The summed E-state index contributed by atoms with van der Waals surface area (Å²) in [4.78, 5) is 54.8. The molecule has 1 fully saturated rings. The third-order valence-electron chi connectivity index (χ3n) is 7.35. The van der Waals surface area contributed by atoms with Crippen LogP contribution in [0.5, 0.6) is 0 Å². The second-order valence-electron chi connectivity index (χ2n) is 10.2. The number of carbonyl (C=O) groups is 3. The lowest BCUT2D eigenvalue weighted by atomic mass is 9.83. The van der Waals surface area contributed by atoms with Crippen molar-refractivity contribution in [2.24, 2.45) is 5.92 Å². The fourth-order valence-corrected chi connectivity index (χ4v) is 8.24. The topological polar surface area (TPSA) is 88.5 Å². The van der Waals surface area contributed by atoms with E-state index in [1.807, 2.05) is 19.1 Å². The average Bonchev–Trinajstić information content (AvgIpc) is 3.40. The van der Waals surface area contributed by atoms with Crippen molar-refractivity contribution in [1.82, 2.24) is 4.57 Å². The third-order valence-corrected chi connectivity index (χ3v) is 10.2. The molecular weight excluding hydrogens is 623 g/mol. The maximum Gasteiger partial charge on any atom is 0.416 e. The highest BCUT2D eigenvalue weighted by Gasteiger charge is 2.57. The van der Waals surface area contributed by atoms with Gasteiger partial charge in [-0.25, -0.2) is 4.90 Å². The number of thioether (sulfide) groups is 1. The van der Waals surface area contributed by atoms with Crippen molar-refractivity contribution in [2.75, 3.05) is 10.2 Å². The fraction of sp³-hybridized carbons (Fsp3) is 0.200. The first-order chi connectivity index (χ1) is 20.4. The van der Waals surface area contributed by atoms with E-state index in [1.165, 1.54) is 10.6 Å². The van der Waals surface area contributed by atoms with Crippen molar-refractivity contribution in [3.63, 3.8) is 0 Å². The zero-order valence-corrected chi connectivity index (χ0v) is 24.6. The molecule has 3 aromatic carbocycles. The van der Waals surface area contributed by atoms with E-state index < -0.39 is 51.4 Å². The number of hydrogen-bond donors (Lipinski definition) is 1.